The van der Waals surface area contributed by atoms with E-state index in [1.807, 2.05) is 19.9 Å². The zero-order valence-corrected chi connectivity index (χ0v) is 8.00. The van der Waals surface area contributed by atoms with Crippen LogP contribution in [0.1, 0.15) is 24.1 Å². The van der Waals surface area contributed by atoms with E-state index in [1.54, 1.807) is 6.92 Å². The van der Waals surface area contributed by atoms with Gasteiger partial charge in [-0.2, -0.15) is 0 Å². The highest BCUT2D eigenvalue weighted by molar-refractivity contribution is 5.24. The zero-order valence-electron chi connectivity index (χ0n) is 8.00. The van der Waals surface area contributed by atoms with Gasteiger partial charge in [-0.05, 0) is 32.8 Å². The standard InChI is InChI=1S/C10H12N2O/c1-7-6-8(2)12-10(11-7)5-4-9(3)13/h6,9,13H,1-3H3. The molecule has 1 aromatic rings. The van der Waals surface area contributed by atoms with Crippen molar-refractivity contribution in [3.8, 4) is 11.8 Å². The van der Waals surface area contributed by atoms with Gasteiger partial charge in [-0.15, -0.1) is 0 Å². The minimum atomic E-state index is -0.635. The number of aryl methyl sites for hydroxylation is 2. The molecule has 0 saturated carbocycles. The molecule has 3 nitrogen and oxygen atoms in total. The Bertz CT molecular complexity index is 341. The summed E-state index contributed by atoms with van der Waals surface area (Å²) in [6, 6.07) is 1.88. The zero-order chi connectivity index (χ0) is 9.84. The normalized spacial score (nSPS) is 11.7. The maximum Gasteiger partial charge on any atom is 0.205 e. The summed E-state index contributed by atoms with van der Waals surface area (Å²) in [4.78, 5) is 8.22. The molecule has 1 aromatic heterocycles. The summed E-state index contributed by atoms with van der Waals surface area (Å²) in [5, 5.41) is 8.92. The van der Waals surface area contributed by atoms with E-state index in [4.69, 9.17) is 5.11 Å². The maximum absolute atomic E-state index is 8.92. The first-order valence-corrected chi connectivity index (χ1v) is 4.10. The topological polar surface area (TPSA) is 46.0 Å². The number of hydrogen-bond acceptors (Lipinski definition) is 3. The summed E-state index contributed by atoms with van der Waals surface area (Å²) in [5.74, 6) is 5.77. The van der Waals surface area contributed by atoms with Crippen LogP contribution in [0.3, 0.4) is 0 Å². The first-order valence-electron chi connectivity index (χ1n) is 4.10. The Morgan fingerprint density at radius 2 is 1.85 bits per heavy atom. The van der Waals surface area contributed by atoms with Crippen molar-refractivity contribution in [1.29, 1.82) is 0 Å². The summed E-state index contributed by atoms with van der Waals surface area (Å²) in [5.41, 5.74) is 1.78. The Balaban J connectivity index is 2.98. The molecule has 68 valence electrons. The molecule has 0 saturated heterocycles. The lowest BCUT2D eigenvalue weighted by molar-refractivity contribution is 0.253. The molecular formula is C10H12N2O. The molecule has 1 rings (SSSR count). The van der Waals surface area contributed by atoms with Crippen molar-refractivity contribution in [2.75, 3.05) is 0 Å². The first-order chi connectivity index (χ1) is 6.08. The maximum atomic E-state index is 8.92. The molecule has 13 heavy (non-hydrogen) atoms. The van der Waals surface area contributed by atoms with Gasteiger partial charge in [-0.1, -0.05) is 5.92 Å². The molecule has 0 aliphatic carbocycles. The van der Waals surface area contributed by atoms with E-state index in [-0.39, 0.29) is 0 Å². The van der Waals surface area contributed by atoms with Crippen LogP contribution in [0.4, 0.5) is 0 Å². The average molecular weight is 176 g/mol. The summed E-state index contributed by atoms with van der Waals surface area (Å²) in [6.45, 7) is 5.39. The Morgan fingerprint density at radius 1 is 1.31 bits per heavy atom. The monoisotopic (exact) mass is 176 g/mol. The van der Waals surface area contributed by atoms with Gasteiger partial charge in [0, 0.05) is 11.4 Å². The second-order valence-electron chi connectivity index (χ2n) is 2.92. The van der Waals surface area contributed by atoms with Gasteiger partial charge in [-0.25, -0.2) is 9.97 Å². The summed E-state index contributed by atoms with van der Waals surface area (Å²) < 4.78 is 0. The Kier molecular flexibility index (Phi) is 2.99. The van der Waals surface area contributed by atoms with E-state index in [9.17, 15) is 0 Å². The van der Waals surface area contributed by atoms with Crippen LogP contribution in [0.5, 0.6) is 0 Å². The summed E-state index contributed by atoms with van der Waals surface area (Å²) >= 11 is 0. The molecule has 1 unspecified atom stereocenters. The van der Waals surface area contributed by atoms with Crippen LogP contribution < -0.4 is 0 Å². The van der Waals surface area contributed by atoms with Gasteiger partial charge >= 0.3 is 0 Å². The number of aliphatic hydroxyl groups is 1. The third-order valence-electron chi connectivity index (χ3n) is 1.38. The van der Waals surface area contributed by atoms with Crippen LogP contribution in [0, 0.1) is 25.7 Å². The lowest BCUT2D eigenvalue weighted by Crippen LogP contribution is -1.97. The van der Waals surface area contributed by atoms with Gasteiger partial charge in [0.25, 0.3) is 0 Å². The largest absolute Gasteiger partial charge is 0.381 e. The number of rotatable bonds is 0. The van der Waals surface area contributed by atoms with Crippen molar-refractivity contribution in [1.82, 2.24) is 9.97 Å². The number of aliphatic hydroxyl groups excluding tert-OH is 1. The van der Waals surface area contributed by atoms with Gasteiger partial charge in [0.15, 0.2) is 0 Å². The van der Waals surface area contributed by atoms with E-state index in [0.717, 1.165) is 11.4 Å². The van der Waals surface area contributed by atoms with Crippen molar-refractivity contribution in [3.63, 3.8) is 0 Å². The van der Waals surface area contributed by atoms with Crippen molar-refractivity contribution in [2.24, 2.45) is 0 Å². The van der Waals surface area contributed by atoms with E-state index < -0.39 is 6.10 Å². The predicted molar refractivity (Wildman–Crippen MR) is 50.1 cm³/mol. The van der Waals surface area contributed by atoms with Crippen LogP contribution in [0.2, 0.25) is 0 Å². The number of nitrogens with zero attached hydrogens (tertiary/aromatic N) is 2. The molecule has 0 aromatic carbocycles. The summed E-state index contributed by atoms with van der Waals surface area (Å²) in [6.07, 6.45) is -0.635. The summed E-state index contributed by atoms with van der Waals surface area (Å²) in [7, 11) is 0. The molecule has 3 heteroatoms. The minimum Gasteiger partial charge on any atom is -0.381 e. The first kappa shape index (κ1) is 9.69. The molecule has 0 amide bonds. The third kappa shape index (κ3) is 3.22. The second kappa shape index (κ2) is 4.01. The molecule has 1 heterocycles. The Labute approximate surface area is 77.9 Å². The van der Waals surface area contributed by atoms with Crippen LogP contribution in [-0.4, -0.2) is 21.2 Å². The van der Waals surface area contributed by atoms with Crippen molar-refractivity contribution >= 4 is 0 Å². The highest BCUT2D eigenvalue weighted by Crippen LogP contribution is 1.97. The van der Waals surface area contributed by atoms with Crippen molar-refractivity contribution in [2.45, 2.75) is 26.9 Å². The van der Waals surface area contributed by atoms with Crippen LogP contribution >= 0.6 is 0 Å². The van der Waals surface area contributed by atoms with Gasteiger partial charge in [0.1, 0.15) is 6.10 Å². The highest BCUT2D eigenvalue weighted by Gasteiger charge is 1.95. The molecule has 0 bridgehead atoms. The fourth-order valence-electron chi connectivity index (χ4n) is 0.951. The van der Waals surface area contributed by atoms with Gasteiger partial charge in [0.2, 0.25) is 5.82 Å². The minimum absolute atomic E-state index is 0.471. The van der Waals surface area contributed by atoms with E-state index in [2.05, 4.69) is 21.8 Å². The Morgan fingerprint density at radius 3 is 2.31 bits per heavy atom. The van der Waals surface area contributed by atoms with E-state index >= 15 is 0 Å². The molecular weight excluding hydrogens is 164 g/mol. The van der Waals surface area contributed by atoms with E-state index in [0.29, 0.717) is 5.82 Å². The van der Waals surface area contributed by atoms with Crippen LogP contribution in [0.15, 0.2) is 6.07 Å². The number of aromatic nitrogens is 2. The molecule has 0 aliphatic heterocycles. The molecule has 1 N–H and O–H groups in total. The van der Waals surface area contributed by atoms with Crippen LogP contribution in [-0.2, 0) is 0 Å². The molecule has 0 fully saturated rings. The fourth-order valence-corrected chi connectivity index (χ4v) is 0.951. The molecule has 0 radical (unpaired) electrons. The fraction of sp³-hybridized carbons (Fsp3) is 0.400. The third-order valence-corrected chi connectivity index (χ3v) is 1.38. The van der Waals surface area contributed by atoms with Crippen LogP contribution in [0.25, 0.3) is 0 Å². The smallest absolute Gasteiger partial charge is 0.205 e. The molecule has 0 spiro atoms. The quantitative estimate of drug-likeness (QED) is 0.595. The predicted octanol–water partition coefficient (Wildman–Crippen LogP) is 0.826. The van der Waals surface area contributed by atoms with Crippen molar-refractivity contribution in [3.05, 3.63) is 23.3 Å². The van der Waals surface area contributed by atoms with Gasteiger partial charge < -0.3 is 5.11 Å². The SMILES string of the molecule is Cc1cc(C)nc(C#CC(C)O)n1. The molecule has 1 atom stereocenters. The van der Waals surface area contributed by atoms with Gasteiger partial charge in [-0.3, -0.25) is 0 Å². The lowest BCUT2D eigenvalue weighted by Gasteiger charge is -1.95. The Hall–Kier alpha value is -1.40. The lowest BCUT2D eigenvalue weighted by atomic mass is 10.3. The molecule has 0 aliphatic rings. The second-order valence-corrected chi connectivity index (χ2v) is 2.92. The number of hydrogen-bond donors (Lipinski definition) is 1. The average Bonchev–Trinajstić information content (AvgIpc) is 1.99. The van der Waals surface area contributed by atoms with E-state index in [1.165, 1.54) is 0 Å². The van der Waals surface area contributed by atoms with Crippen molar-refractivity contribution < 1.29 is 5.11 Å². The van der Waals surface area contributed by atoms with Gasteiger partial charge in [0.05, 0.1) is 0 Å². The highest BCUT2D eigenvalue weighted by atomic mass is 16.3.